The van der Waals surface area contributed by atoms with Crippen LogP contribution >= 0.6 is 23.2 Å². The molecule has 3 nitrogen and oxygen atoms in total. The number of hydrogen-bond acceptors (Lipinski definition) is 3. The van der Waals surface area contributed by atoms with E-state index in [0.29, 0.717) is 21.6 Å². The van der Waals surface area contributed by atoms with Crippen LogP contribution in [0.5, 0.6) is 0 Å². The molecule has 0 saturated heterocycles. The van der Waals surface area contributed by atoms with E-state index in [9.17, 15) is 4.39 Å². The number of nitrogens with one attached hydrogen (secondary N) is 1. The zero-order chi connectivity index (χ0) is 12.4. The maximum Gasteiger partial charge on any atom is 0.146 e. The van der Waals surface area contributed by atoms with Gasteiger partial charge in [-0.2, -0.15) is 0 Å². The van der Waals surface area contributed by atoms with Crippen LogP contribution in [0.1, 0.15) is 5.56 Å². The fourth-order valence-corrected chi connectivity index (χ4v) is 1.58. The van der Waals surface area contributed by atoms with Crippen LogP contribution in [-0.2, 0) is 0 Å². The highest BCUT2D eigenvalue weighted by molar-refractivity contribution is 6.31. The van der Waals surface area contributed by atoms with E-state index < -0.39 is 5.82 Å². The Hall–Kier alpha value is -1.39. The number of rotatable bonds is 2. The SMILES string of the molecule is Cc1c(Cl)ncnc1Nc1cc(Cl)ccc1F. The second-order valence-electron chi connectivity index (χ2n) is 3.39. The van der Waals surface area contributed by atoms with Gasteiger partial charge in [-0.05, 0) is 25.1 Å². The maximum absolute atomic E-state index is 13.5. The Morgan fingerprint density at radius 3 is 2.76 bits per heavy atom. The van der Waals surface area contributed by atoms with Gasteiger partial charge >= 0.3 is 0 Å². The standard InChI is InChI=1S/C11H8Cl2FN3/c1-6-10(13)15-5-16-11(6)17-9-4-7(12)2-3-8(9)14/h2-5H,1H3,(H,15,16,17). The zero-order valence-electron chi connectivity index (χ0n) is 8.84. The van der Waals surface area contributed by atoms with Crippen molar-refractivity contribution >= 4 is 34.7 Å². The Kier molecular flexibility index (Phi) is 3.45. The summed E-state index contributed by atoms with van der Waals surface area (Å²) < 4.78 is 13.5. The molecule has 0 aliphatic carbocycles. The fourth-order valence-electron chi connectivity index (χ4n) is 1.28. The van der Waals surface area contributed by atoms with Crippen molar-refractivity contribution in [2.24, 2.45) is 0 Å². The van der Waals surface area contributed by atoms with Crippen molar-refractivity contribution in [3.8, 4) is 0 Å². The molecule has 0 amide bonds. The van der Waals surface area contributed by atoms with Crippen LogP contribution in [0.2, 0.25) is 10.2 Å². The first-order valence-corrected chi connectivity index (χ1v) is 5.52. The summed E-state index contributed by atoms with van der Waals surface area (Å²) >= 11 is 11.6. The Bertz CT molecular complexity index is 560. The Balaban J connectivity index is 2.38. The first-order valence-electron chi connectivity index (χ1n) is 4.77. The van der Waals surface area contributed by atoms with E-state index >= 15 is 0 Å². The van der Waals surface area contributed by atoms with E-state index in [0.717, 1.165) is 0 Å². The van der Waals surface area contributed by atoms with Gasteiger partial charge < -0.3 is 5.32 Å². The van der Waals surface area contributed by atoms with E-state index in [-0.39, 0.29) is 5.69 Å². The van der Waals surface area contributed by atoms with Gasteiger partial charge in [0.25, 0.3) is 0 Å². The van der Waals surface area contributed by atoms with Crippen LogP contribution in [0, 0.1) is 12.7 Å². The van der Waals surface area contributed by atoms with Crippen molar-refractivity contribution in [1.29, 1.82) is 0 Å². The van der Waals surface area contributed by atoms with Gasteiger partial charge in [0.1, 0.15) is 23.1 Å². The number of benzene rings is 1. The van der Waals surface area contributed by atoms with E-state index in [2.05, 4.69) is 15.3 Å². The molecule has 0 atom stereocenters. The fraction of sp³-hybridized carbons (Fsp3) is 0.0909. The molecule has 0 aliphatic rings. The second-order valence-corrected chi connectivity index (χ2v) is 4.18. The minimum atomic E-state index is -0.413. The number of halogens is 3. The maximum atomic E-state index is 13.5. The normalized spacial score (nSPS) is 10.4. The van der Waals surface area contributed by atoms with Crippen LogP contribution in [-0.4, -0.2) is 9.97 Å². The quantitative estimate of drug-likeness (QED) is 0.840. The van der Waals surface area contributed by atoms with Crippen molar-refractivity contribution in [3.63, 3.8) is 0 Å². The van der Waals surface area contributed by atoms with Crippen molar-refractivity contribution in [1.82, 2.24) is 9.97 Å². The second kappa shape index (κ2) is 4.85. The average molecular weight is 272 g/mol. The lowest BCUT2D eigenvalue weighted by Crippen LogP contribution is -2.00. The van der Waals surface area contributed by atoms with Crippen LogP contribution < -0.4 is 5.32 Å². The first-order chi connectivity index (χ1) is 8.08. The average Bonchev–Trinajstić information content (AvgIpc) is 2.30. The van der Waals surface area contributed by atoms with Gasteiger partial charge in [-0.25, -0.2) is 14.4 Å². The van der Waals surface area contributed by atoms with Crippen molar-refractivity contribution in [2.75, 3.05) is 5.32 Å². The van der Waals surface area contributed by atoms with Crippen LogP contribution in [0.3, 0.4) is 0 Å². The molecule has 0 fully saturated rings. The third-order valence-corrected chi connectivity index (χ3v) is 2.82. The van der Waals surface area contributed by atoms with E-state index in [1.165, 1.54) is 24.5 Å². The first kappa shape index (κ1) is 12.1. The Morgan fingerprint density at radius 1 is 1.24 bits per heavy atom. The lowest BCUT2D eigenvalue weighted by molar-refractivity contribution is 0.632. The van der Waals surface area contributed by atoms with Gasteiger partial charge in [0.2, 0.25) is 0 Å². The van der Waals surface area contributed by atoms with Gasteiger partial charge in [0.05, 0.1) is 5.69 Å². The molecular formula is C11H8Cl2FN3. The monoisotopic (exact) mass is 271 g/mol. The molecule has 0 aliphatic heterocycles. The molecule has 1 aromatic heterocycles. The summed E-state index contributed by atoms with van der Waals surface area (Å²) in [6, 6.07) is 4.23. The van der Waals surface area contributed by atoms with Crippen LogP contribution in [0.15, 0.2) is 24.5 Å². The zero-order valence-corrected chi connectivity index (χ0v) is 10.3. The summed E-state index contributed by atoms with van der Waals surface area (Å²) in [7, 11) is 0. The predicted molar refractivity (Wildman–Crippen MR) is 66.5 cm³/mol. The number of aromatic nitrogens is 2. The molecule has 88 valence electrons. The molecule has 1 aromatic carbocycles. The number of anilines is 2. The summed E-state index contributed by atoms with van der Waals surface area (Å²) in [4.78, 5) is 7.80. The van der Waals surface area contributed by atoms with E-state index in [1.54, 1.807) is 6.92 Å². The molecule has 6 heteroatoms. The number of hydrogen-bond donors (Lipinski definition) is 1. The van der Waals surface area contributed by atoms with Gasteiger partial charge in [-0.15, -0.1) is 0 Å². The largest absolute Gasteiger partial charge is 0.337 e. The molecule has 1 heterocycles. The summed E-state index contributed by atoms with van der Waals surface area (Å²) in [5.74, 6) is 0.0368. The highest BCUT2D eigenvalue weighted by Gasteiger charge is 2.08. The molecule has 2 rings (SSSR count). The van der Waals surface area contributed by atoms with Crippen molar-refractivity contribution in [2.45, 2.75) is 6.92 Å². The molecule has 0 bridgehead atoms. The highest BCUT2D eigenvalue weighted by Crippen LogP contribution is 2.25. The predicted octanol–water partition coefficient (Wildman–Crippen LogP) is 3.97. The molecule has 0 saturated carbocycles. The summed E-state index contributed by atoms with van der Waals surface area (Å²) in [5, 5.41) is 3.59. The molecule has 0 radical (unpaired) electrons. The minimum Gasteiger partial charge on any atom is -0.337 e. The molecule has 0 spiro atoms. The molecule has 0 unspecified atom stereocenters. The van der Waals surface area contributed by atoms with Crippen LogP contribution in [0.25, 0.3) is 0 Å². The molecule has 1 N–H and O–H groups in total. The molecule has 17 heavy (non-hydrogen) atoms. The van der Waals surface area contributed by atoms with Crippen molar-refractivity contribution in [3.05, 3.63) is 46.1 Å². The topological polar surface area (TPSA) is 37.8 Å². The summed E-state index contributed by atoms with van der Waals surface area (Å²) in [5.41, 5.74) is 0.893. The Labute approximate surface area is 108 Å². The Morgan fingerprint density at radius 2 is 2.00 bits per heavy atom. The minimum absolute atomic E-state index is 0.246. The summed E-state index contributed by atoms with van der Waals surface area (Å²) in [6.45, 7) is 1.74. The molecular weight excluding hydrogens is 264 g/mol. The summed E-state index contributed by atoms with van der Waals surface area (Å²) in [6.07, 6.45) is 1.31. The van der Waals surface area contributed by atoms with Gasteiger partial charge in [0.15, 0.2) is 0 Å². The van der Waals surface area contributed by atoms with E-state index in [1.807, 2.05) is 0 Å². The van der Waals surface area contributed by atoms with Gasteiger partial charge in [-0.3, -0.25) is 0 Å². The smallest absolute Gasteiger partial charge is 0.146 e. The van der Waals surface area contributed by atoms with Gasteiger partial charge in [0, 0.05) is 10.6 Å². The molecule has 2 aromatic rings. The number of nitrogens with zero attached hydrogens (tertiary/aromatic N) is 2. The lowest BCUT2D eigenvalue weighted by atomic mass is 10.3. The van der Waals surface area contributed by atoms with Gasteiger partial charge in [-0.1, -0.05) is 23.2 Å². The van der Waals surface area contributed by atoms with Crippen LogP contribution in [0.4, 0.5) is 15.9 Å². The third kappa shape index (κ3) is 2.65. The lowest BCUT2D eigenvalue weighted by Gasteiger charge is -2.09. The highest BCUT2D eigenvalue weighted by atomic mass is 35.5. The third-order valence-electron chi connectivity index (χ3n) is 2.20. The van der Waals surface area contributed by atoms with E-state index in [4.69, 9.17) is 23.2 Å². The van der Waals surface area contributed by atoms with Crippen molar-refractivity contribution < 1.29 is 4.39 Å².